The molecule has 27 heavy (non-hydrogen) atoms. The smallest absolute Gasteiger partial charge is 0.308 e. The van der Waals surface area contributed by atoms with Crippen LogP contribution in [0.25, 0.3) is 0 Å². The molecule has 1 N–H and O–H groups in total. The molecular weight excluding hydrogens is 346 g/mol. The molecule has 1 heterocycles. The fraction of sp³-hybridized carbons (Fsp3) is 0.619. The number of carbonyl (C=O) groups excluding carboxylic acids is 1. The van der Waals surface area contributed by atoms with Crippen LogP contribution >= 0.6 is 0 Å². The number of carboxylic acids is 1. The zero-order valence-electron chi connectivity index (χ0n) is 16.4. The van der Waals surface area contributed by atoms with Gasteiger partial charge in [-0.3, -0.25) is 9.59 Å². The Bertz CT molecular complexity index is 631. The van der Waals surface area contributed by atoms with Crippen LogP contribution in [0.5, 0.6) is 11.5 Å². The van der Waals surface area contributed by atoms with Crippen molar-refractivity contribution in [3.05, 3.63) is 23.8 Å². The maximum Gasteiger partial charge on any atom is 0.308 e. The molecule has 1 aromatic carbocycles. The van der Waals surface area contributed by atoms with E-state index in [0.717, 1.165) is 23.5 Å². The maximum absolute atomic E-state index is 11.9. The number of amides is 1. The lowest BCUT2D eigenvalue weighted by Gasteiger charge is -2.17. The van der Waals surface area contributed by atoms with Gasteiger partial charge in [0.15, 0.2) is 11.5 Å². The summed E-state index contributed by atoms with van der Waals surface area (Å²) in [5.74, 6) is -0.0914. The number of carboxylic acid groups (broad SMARTS) is 1. The summed E-state index contributed by atoms with van der Waals surface area (Å²) < 4.78 is 11.6. The Kier molecular flexibility index (Phi) is 8.43. The minimum Gasteiger partial charge on any atom is -0.490 e. The van der Waals surface area contributed by atoms with Gasteiger partial charge in [-0.1, -0.05) is 32.3 Å². The molecule has 1 aliphatic heterocycles. The van der Waals surface area contributed by atoms with E-state index in [4.69, 9.17) is 14.6 Å². The molecule has 0 saturated carbocycles. The SMILES string of the molecule is CCCCCCOc1ccc(CCN2CC(C(=O)O)CC2=O)cc1OCC. The minimum atomic E-state index is -0.898. The van der Waals surface area contributed by atoms with Crippen molar-refractivity contribution in [1.82, 2.24) is 4.90 Å². The number of benzene rings is 1. The highest BCUT2D eigenvalue weighted by Gasteiger charge is 2.33. The molecule has 6 heteroatoms. The quantitative estimate of drug-likeness (QED) is 0.564. The van der Waals surface area contributed by atoms with Crippen LogP contribution in [0.3, 0.4) is 0 Å². The van der Waals surface area contributed by atoms with Crippen LogP contribution in [-0.4, -0.2) is 48.2 Å². The zero-order chi connectivity index (χ0) is 19.6. The summed E-state index contributed by atoms with van der Waals surface area (Å²) >= 11 is 0. The molecule has 1 aliphatic rings. The molecule has 1 atom stereocenters. The topological polar surface area (TPSA) is 76.1 Å². The number of likely N-dealkylation sites (tertiary alicyclic amines) is 1. The molecule has 1 saturated heterocycles. The maximum atomic E-state index is 11.9. The first-order chi connectivity index (χ1) is 13.0. The van der Waals surface area contributed by atoms with E-state index in [1.165, 1.54) is 19.3 Å². The van der Waals surface area contributed by atoms with Crippen molar-refractivity contribution < 1.29 is 24.2 Å². The van der Waals surface area contributed by atoms with Crippen molar-refractivity contribution >= 4 is 11.9 Å². The molecule has 0 aliphatic carbocycles. The van der Waals surface area contributed by atoms with Crippen molar-refractivity contribution in [3.63, 3.8) is 0 Å². The standard InChI is InChI=1S/C21H31NO5/c1-3-5-6-7-12-27-18-9-8-16(13-19(18)26-4-2)10-11-22-15-17(21(24)25)14-20(22)23/h8-9,13,17H,3-7,10-12,14-15H2,1-2H3,(H,24,25). The zero-order valence-corrected chi connectivity index (χ0v) is 16.4. The number of hydrogen-bond donors (Lipinski definition) is 1. The molecule has 0 aromatic heterocycles. The van der Waals surface area contributed by atoms with E-state index in [9.17, 15) is 9.59 Å². The van der Waals surface area contributed by atoms with Gasteiger partial charge in [0.05, 0.1) is 19.1 Å². The number of aliphatic carboxylic acids is 1. The number of ether oxygens (including phenoxy) is 2. The van der Waals surface area contributed by atoms with Gasteiger partial charge >= 0.3 is 5.97 Å². The summed E-state index contributed by atoms with van der Waals surface area (Å²) in [6, 6.07) is 5.87. The highest BCUT2D eigenvalue weighted by Crippen LogP contribution is 2.29. The highest BCUT2D eigenvalue weighted by molar-refractivity contribution is 5.86. The highest BCUT2D eigenvalue weighted by atomic mass is 16.5. The monoisotopic (exact) mass is 377 g/mol. The second-order valence-corrected chi connectivity index (χ2v) is 6.95. The third-order valence-electron chi connectivity index (χ3n) is 4.80. The molecule has 1 aromatic rings. The lowest BCUT2D eigenvalue weighted by Crippen LogP contribution is -2.28. The van der Waals surface area contributed by atoms with Crippen LogP contribution in [0.4, 0.5) is 0 Å². The number of rotatable bonds is 12. The average Bonchev–Trinajstić information content (AvgIpc) is 3.02. The lowest BCUT2D eigenvalue weighted by molar-refractivity contribution is -0.141. The van der Waals surface area contributed by atoms with Gasteiger partial charge in [0.25, 0.3) is 0 Å². The van der Waals surface area contributed by atoms with E-state index in [0.29, 0.717) is 32.7 Å². The van der Waals surface area contributed by atoms with Gasteiger partial charge in [0.2, 0.25) is 5.91 Å². The molecule has 6 nitrogen and oxygen atoms in total. The number of nitrogens with zero attached hydrogens (tertiary/aromatic N) is 1. The second kappa shape index (κ2) is 10.8. The van der Waals surface area contributed by atoms with Gasteiger partial charge in [-0.25, -0.2) is 0 Å². The Balaban J connectivity index is 1.90. The van der Waals surface area contributed by atoms with Crippen molar-refractivity contribution in [3.8, 4) is 11.5 Å². The first-order valence-corrected chi connectivity index (χ1v) is 9.94. The first-order valence-electron chi connectivity index (χ1n) is 9.94. The average molecular weight is 377 g/mol. The van der Waals surface area contributed by atoms with E-state index >= 15 is 0 Å². The van der Waals surface area contributed by atoms with Crippen LogP contribution in [0.15, 0.2) is 18.2 Å². The van der Waals surface area contributed by atoms with E-state index in [2.05, 4.69) is 6.92 Å². The predicted octanol–water partition coefficient (Wildman–Crippen LogP) is 3.52. The molecule has 0 spiro atoms. The summed E-state index contributed by atoms with van der Waals surface area (Å²) in [5.41, 5.74) is 1.04. The first kappa shape index (κ1) is 21.1. The van der Waals surface area contributed by atoms with Gasteiger partial charge in [-0.2, -0.15) is 0 Å². The number of carbonyl (C=O) groups is 2. The van der Waals surface area contributed by atoms with Gasteiger partial charge < -0.3 is 19.5 Å². The van der Waals surface area contributed by atoms with Crippen molar-refractivity contribution in [2.24, 2.45) is 5.92 Å². The van der Waals surface area contributed by atoms with Gasteiger partial charge in [-0.05, 0) is 37.5 Å². The Morgan fingerprint density at radius 3 is 2.67 bits per heavy atom. The van der Waals surface area contributed by atoms with Crippen LogP contribution in [0.2, 0.25) is 0 Å². The van der Waals surface area contributed by atoms with Crippen LogP contribution in [-0.2, 0) is 16.0 Å². The van der Waals surface area contributed by atoms with E-state index < -0.39 is 11.9 Å². The normalized spacial score (nSPS) is 16.6. The third-order valence-corrected chi connectivity index (χ3v) is 4.80. The fourth-order valence-corrected chi connectivity index (χ4v) is 3.22. The Morgan fingerprint density at radius 2 is 2.00 bits per heavy atom. The van der Waals surface area contributed by atoms with Gasteiger partial charge in [0.1, 0.15) is 0 Å². The Labute approximate surface area is 161 Å². The molecule has 2 rings (SSSR count). The summed E-state index contributed by atoms with van der Waals surface area (Å²) in [6.45, 7) is 6.17. The molecule has 1 unspecified atom stereocenters. The minimum absolute atomic E-state index is 0.0838. The van der Waals surface area contributed by atoms with Gasteiger partial charge in [-0.15, -0.1) is 0 Å². The number of hydrogen-bond acceptors (Lipinski definition) is 4. The lowest BCUT2D eigenvalue weighted by atomic mass is 10.1. The van der Waals surface area contributed by atoms with Crippen molar-refractivity contribution in [2.45, 2.75) is 52.4 Å². The predicted molar refractivity (Wildman–Crippen MR) is 103 cm³/mol. The van der Waals surface area contributed by atoms with Crippen LogP contribution < -0.4 is 9.47 Å². The van der Waals surface area contributed by atoms with Crippen molar-refractivity contribution in [2.75, 3.05) is 26.3 Å². The van der Waals surface area contributed by atoms with E-state index in [-0.39, 0.29) is 12.3 Å². The van der Waals surface area contributed by atoms with Crippen molar-refractivity contribution in [1.29, 1.82) is 0 Å². The second-order valence-electron chi connectivity index (χ2n) is 6.95. The molecule has 1 fully saturated rings. The molecule has 0 radical (unpaired) electrons. The molecule has 150 valence electrons. The van der Waals surface area contributed by atoms with Crippen LogP contribution in [0.1, 0.15) is 51.5 Å². The summed E-state index contributed by atoms with van der Waals surface area (Å²) in [7, 11) is 0. The van der Waals surface area contributed by atoms with E-state index in [1.807, 2.05) is 25.1 Å². The summed E-state index contributed by atoms with van der Waals surface area (Å²) in [4.78, 5) is 24.6. The number of unbranched alkanes of at least 4 members (excludes halogenated alkanes) is 3. The summed E-state index contributed by atoms with van der Waals surface area (Å²) in [6.07, 6.45) is 5.38. The van der Waals surface area contributed by atoms with Gasteiger partial charge in [0, 0.05) is 19.5 Å². The largest absolute Gasteiger partial charge is 0.490 e. The Hall–Kier alpha value is -2.24. The van der Waals surface area contributed by atoms with Crippen LogP contribution in [0, 0.1) is 5.92 Å². The molecule has 1 amide bonds. The fourth-order valence-electron chi connectivity index (χ4n) is 3.22. The molecular formula is C21H31NO5. The van der Waals surface area contributed by atoms with E-state index in [1.54, 1.807) is 4.90 Å². The Morgan fingerprint density at radius 1 is 1.19 bits per heavy atom. The summed E-state index contributed by atoms with van der Waals surface area (Å²) in [5, 5.41) is 9.07. The molecule has 0 bridgehead atoms. The third kappa shape index (κ3) is 6.45.